The van der Waals surface area contributed by atoms with Crippen LogP contribution in [0, 0.1) is 10.1 Å². The zero-order chi connectivity index (χ0) is 17.2. The van der Waals surface area contributed by atoms with Crippen molar-refractivity contribution in [1.29, 1.82) is 0 Å². The fourth-order valence-corrected chi connectivity index (χ4v) is 2.79. The molecule has 6 nitrogen and oxygen atoms in total. The Hall–Kier alpha value is -2.37. The molecule has 1 fully saturated rings. The van der Waals surface area contributed by atoms with Crippen LogP contribution in [0.3, 0.4) is 0 Å². The maximum atomic E-state index is 11.6. The van der Waals surface area contributed by atoms with Crippen LogP contribution in [0.15, 0.2) is 30.9 Å². The van der Waals surface area contributed by atoms with Crippen molar-refractivity contribution in [2.45, 2.75) is 26.2 Å². The molecule has 1 aromatic rings. The van der Waals surface area contributed by atoms with Gasteiger partial charge in [0.05, 0.1) is 4.92 Å². The molecule has 6 heteroatoms. The number of benzene rings is 1. The summed E-state index contributed by atoms with van der Waals surface area (Å²) in [6.07, 6.45) is 1.33. The second-order valence-corrected chi connectivity index (χ2v) is 6.73. The van der Waals surface area contributed by atoms with Gasteiger partial charge in [0, 0.05) is 43.5 Å². The molecule has 0 bridgehead atoms. The number of nitro benzene ring substituents is 1. The van der Waals surface area contributed by atoms with Gasteiger partial charge in [-0.1, -0.05) is 27.4 Å². The summed E-state index contributed by atoms with van der Waals surface area (Å²) in [5.74, 6) is -0.0521. The fraction of sp³-hybridized carbons (Fsp3) is 0.471. The Kier molecular flexibility index (Phi) is 4.73. The Balaban J connectivity index is 2.23. The SMILES string of the molecule is C=CC(=O)N1CCN(c2ccc([N+](=O)[O-])c(C(C)(C)C)c2)CC1. The summed E-state index contributed by atoms with van der Waals surface area (Å²) < 4.78 is 0. The van der Waals surface area contributed by atoms with Crippen LogP contribution >= 0.6 is 0 Å². The van der Waals surface area contributed by atoms with Gasteiger partial charge < -0.3 is 9.80 Å². The summed E-state index contributed by atoms with van der Waals surface area (Å²) >= 11 is 0. The standard InChI is InChI=1S/C17H23N3O3/c1-5-16(21)19-10-8-18(9-11-19)13-6-7-15(20(22)23)14(12-13)17(2,3)4/h5-7,12H,1,8-11H2,2-4H3. The molecule has 0 aromatic heterocycles. The Bertz CT molecular complexity index is 626. The van der Waals surface area contributed by atoms with E-state index in [-0.39, 0.29) is 21.9 Å². The van der Waals surface area contributed by atoms with Gasteiger partial charge in [0.25, 0.3) is 5.69 Å². The maximum Gasteiger partial charge on any atom is 0.273 e. The summed E-state index contributed by atoms with van der Waals surface area (Å²) in [6, 6.07) is 5.28. The van der Waals surface area contributed by atoms with Crippen LogP contribution in [-0.2, 0) is 10.2 Å². The van der Waals surface area contributed by atoms with Crippen LogP contribution in [0.1, 0.15) is 26.3 Å². The predicted octanol–water partition coefficient (Wildman–Crippen LogP) is 2.73. The number of nitro groups is 1. The van der Waals surface area contributed by atoms with Gasteiger partial charge in [-0.15, -0.1) is 0 Å². The average molecular weight is 317 g/mol. The van der Waals surface area contributed by atoms with E-state index in [1.54, 1.807) is 17.0 Å². The van der Waals surface area contributed by atoms with Gasteiger partial charge >= 0.3 is 0 Å². The largest absolute Gasteiger partial charge is 0.368 e. The number of hydrogen-bond acceptors (Lipinski definition) is 4. The molecule has 0 spiro atoms. The van der Waals surface area contributed by atoms with Gasteiger partial charge in [0.2, 0.25) is 5.91 Å². The van der Waals surface area contributed by atoms with E-state index in [0.29, 0.717) is 26.2 Å². The third-order valence-electron chi connectivity index (χ3n) is 4.12. The number of carbonyl (C=O) groups excluding carboxylic acids is 1. The van der Waals surface area contributed by atoms with Crippen LogP contribution in [0.5, 0.6) is 0 Å². The van der Waals surface area contributed by atoms with Crippen molar-refractivity contribution in [1.82, 2.24) is 4.90 Å². The van der Waals surface area contributed by atoms with Crippen molar-refractivity contribution in [2.75, 3.05) is 31.1 Å². The second-order valence-electron chi connectivity index (χ2n) is 6.73. The topological polar surface area (TPSA) is 66.7 Å². The lowest BCUT2D eigenvalue weighted by molar-refractivity contribution is -0.386. The highest BCUT2D eigenvalue weighted by atomic mass is 16.6. The van der Waals surface area contributed by atoms with Gasteiger partial charge in [-0.3, -0.25) is 14.9 Å². The lowest BCUT2D eigenvalue weighted by Gasteiger charge is -2.36. The highest BCUT2D eigenvalue weighted by molar-refractivity contribution is 5.87. The second kappa shape index (κ2) is 6.40. The summed E-state index contributed by atoms with van der Waals surface area (Å²) in [5.41, 5.74) is 1.54. The number of anilines is 1. The first-order chi connectivity index (χ1) is 10.7. The van der Waals surface area contributed by atoms with Crippen LogP contribution in [0.2, 0.25) is 0 Å². The van der Waals surface area contributed by atoms with Gasteiger partial charge in [-0.05, 0) is 23.6 Å². The molecule has 1 amide bonds. The predicted molar refractivity (Wildman–Crippen MR) is 90.8 cm³/mol. The molecule has 0 radical (unpaired) electrons. The Morgan fingerprint density at radius 3 is 2.35 bits per heavy atom. The number of nitrogens with zero attached hydrogens (tertiary/aromatic N) is 3. The van der Waals surface area contributed by atoms with E-state index in [0.717, 1.165) is 11.3 Å². The van der Waals surface area contributed by atoms with Gasteiger partial charge in [0.15, 0.2) is 0 Å². The fourth-order valence-electron chi connectivity index (χ4n) is 2.79. The van der Waals surface area contributed by atoms with E-state index in [9.17, 15) is 14.9 Å². The molecule has 2 rings (SSSR count). The van der Waals surface area contributed by atoms with Gasteiger partial charge in [0.1, 0.15) is 0 Å². The highest BCUT2D eigenvalue weighted by Crippen LogP contribution is 2.34. The molecule has 0 N–H and O–H groups in total. The molecule has 1 aromatic carbocycles. The van der Waals surface area contributed by atoms with Gasteiger partial charge in [-0.25, -0.2) is 0 Å². The summed E-state index contributed by atoms with van der Waals surface area (Å²) in [7, 11) is 0. The third kappa shape index (κ3) is 3.70. The van der Waals surface area contributed by atoms with Crippen LogP contribution in [0.4, 0.5) is 11.4 Å². The minimum Gasteiger partial charge on any atom is -0.368 e. The molecule has 1 aliphatic heterocycles. The third-order valence-corrected chi connectivity index (χ3v) is 4.12. The van der Waals surface area contributed by atoms with E-state index >= 15 is 0 Å². The summed E-state index contributed by atoms with van der Waals surface area (Å²) in [6.45, 7) is 12.1. The van der Waals surface area contributed by atoms with Crippen molar-refractivity contribution in [3.63, 3.8) is 0 Å². The molecule has 23 heavy (non-hydrogen) atoms. The molecule has 0 saturated carbocycles. The zero-order valence-electron chi connectivity index (χ0n) is 13.9. The highest BCUT2D eigenvalue weighted by Gasteiger charge is 2.27. The summed E-state index contributed by atoms with van der Waals surface area (Å²) in [4.78, 5) is 26.5. The average Bonchev–Trinajstić information content (AvgIpc) is 2.52. The molecule has 0 aliphatic carbocycles. The van der Waals surface area contributed by atoms with Crippen LogP contribution in [-0.4, -0.2) is 41.9 Å². The van der Waals surface area contributed by atoms with Crippen LogP contribution < -0.4 is 4.90 Å². The van der Waals surface area contributed by atoms with Crippen LogP contribution in [0.25, 0.3) is 0 Å². The monoisotopic (exact) mass is 317 g/mol. The molecular weight excluding hydrogens is 294 g/mol. The van der Waals surface area contributed by atoms with Crippen molar-refractivity contribution >= 4 is 17.3 Å². The molecule has 0 unspecified atom stereocenters. The summed E-state index contributed by atoms with van der Waals surface area (Å²) in [5, 5.41) is 11.2. The Labute approximate surface area is 136 Å². The first kappa shape index (κ1) is 17.0. The molecular formula is C17H23N3O3. The Morgan fingerprint density at radius 1 is 1.26 bits per heavy atom. The van der Waals surface area contributed by atoms with Crippen molar-refractivity contribution in [3.05, 3.63) is 46.5 Å². The lowest BCUT2D eigenvalue weighted by atomic mass is 9.85. The van der Waals surface area contributed by atoms with E-state index < -0.39 is 0 Å². The normalized spacial score (nSPS) is 15.4. The van der Waals surface area contributed by atoms with Crippen molar-refractivity contribution < 1.29 is 9.72 Å². The van der Waals surface area contributed by atoms with Crippen molar-refractivity contribution in [2.24, 2.45) is 0 Å². The molecule has 124 valence electrons. The van der Waals surface area contributed by atoms with Gasteiger partial charge in [-0.2, -0.15) is 0 Å². The maximum absolute atomic E-state index is 11.6. The molecule has 0 atom stereocenters. The molecule has 1 heterocycles. The quantitative estimate of drug-likeness (QED) is 0.488. The molecule has 1 aliphatic rings. The minimum atomic E-state index is -0.328. The Morgan fingerprint density at radius 2 is 1.87 bits per heavy atom. The smallest absolute Gasteiger partial charge is 0.273 e. The minimum absolute atomic E-state index is 0.0521. The first-order valence-electron chi connectivity index (χ1n) is 7.69. The van der Waals surface area contributed by atoms with E-state index in [1.807, 2.05) is 26.8 Å². The lowest BCUT2D eigenvalue weighted by Crippen LogP contribution is -2.48. The number of carbonyl (C=O) groups is 1. The molecule has 1 saturated heterocycles. The number of rotatable bonds is 3. The number of piperazine rings is 1. The zero-order valence-corrected chi connectivity index (χ0v) is 13.9. The number of hydrogen-bond donors (Lipinski definition) is 0. The first-order valence-corrected chi connectivity index (χ1v) is 7.69. The van der Waals surface area contributed by atoms with E-state index in [1.165, 1.54) is 6.08 Å². The number of amides is 1. The van der Waals surface area contributed by atoms with E-state index in [4.69, 9.17) is 0 Å². The van der Waals surface area contributed by atoms with Crippen molar-refractivity contribution in [3.8, 4) is 0 Å². The van der Waals surface area contributed by atoms with E-state index in [2.05, 4.69) is 11.5 Å².